The number of hydrogen-bond acceptors (Lipinski definition) is 4. The van der Waals surface area contributed by atoms with Crippen LogP contribution in [0.1, 0.15) is 22.3 Å². The van der Waals surface area contributed by atoms with Gasteiger partial charge in [0.25, 0.3) is 5.91 Å². The number of nitrogens with zero attached hydrogens (tertiary/aromatic N) is 1. The zero-order chi connectivity index (χ0) is 15.8. The van der Waals surface area contributed by atoms with E-state index in [0.29, 0.717) is 25.3 Å². The summed E-state index contributed by atoms with van der Waals surface area (Å²) in [7, 11) is 2.91. The maximum absolute atomic E-state index is 12.5. The molecular formula is C15H20BrNO4. The summed E-state index contributed by atoms with van der Waals surface area (Å²) in [6.07, 6.45) is 0.166. The number of carbonyl (C=O) groups is 2. The molecule has 0 saturated carbocycles. The van der Waals surface area contributed by atoms with E-state index in [4.69, 9.17) is 4.74 Å². The minimum Gasteiger partial charge on any atom is -0.469 e. The first kappa shape index (κ1) is 17.7. The Labute approximate surface area is 133 Å². The molecule has 0 radical (unpaired) electrons. The first-order valence-electron chi connectivity index (χ1n) is 6.60. The van der Waals surface area contributed by atoms with Crippen LogP contribution < -0.4 is 0 Å². The SMILES string of the molecule is COCCN(CCC(=O)OC)C(=O)c1ccc(C)c(Br)c1. The number of hydrogen-bond donors (Lipinski definition) is 0. The summed E-state index contributed by atoms with van der Waals surface area (Å²) in [4.78, 5) is 25.4. The summed E-state index contributed by atoms with van der Waals surface area (Å²) in [6, 6.07) is 5.45. The zero-order valence-electron chi connectivity index (χ0n) is 12.5. The van der Waals surface area contributed by atoms with E-state index in [1.807, 2.05) is 13.0 Å². The predicted octanol–water partition coefficient (Wildman–Crippen LogP) is 2.41. The van der Waals surface area contributed by atoms with Gasteiger partial charge >= 0.3 is 5.97 Å². The second-order valence-corrected chi connectivity index (χ2v) is 5.43. The monoisotopic (exact) mass is 357 g/mol. The zero-order valence-corrected chi connectivity index (χ0v) is 14.1. The lowest BCUT2D eigenvalue weighted by molar-refractivity contribution is -0.140. The van der Waals surface area contributed by atoms with E-state index in [-0.39, 0.29) is 18.3 Å². The van der Waals surface area contributed by atoms with Crippen LogP contribution in [0, 0.1) is 6.92 Å². The van der Waals surface area contributed by atoms with Gasteiger partial charge < -0.3 is 14.4 Å². The molecule has 1 aromatic rings. The van der Waals surface area contributed by atoms with Crippen molar-refractivity contribution in [3.63, 3.8) is 0 Å². The van der Waals surface area contributed by atoms with Gasteiger partial charge in [-0.25, -0.2) is 0 Å². The van der Waals surface area contributed by atoms with Crippen LogP contribution in [-0.4, -0.2) is 50.7 Å². The van der Waals surface area contributed by atoms with Crippen molar-refractivity contribution in [2.75, 3.05) is 33.9 Å². The van der Waals surface area contributed by atoms with Gasteiger partial charge in [-0.15, -0.1) is 0 Å². The number of amides is 1. The second kappa shape index (κ2) is 8.79. The lowest BCUT2D eigenvalue weighted by Gasteiger charge is -2.22. The van der Waals surface area contributed by atoms with Crippen LogP contribution in [0.15, 0.2) is 22.7 Å². The van der Waals surface area contributed by atoms with E-state index in [9.17, 15) is 9.59 Å². The minimum absolute atomic E-state index is 0.128. The highest BCUT2D eigenvalue weighted by molar-refractivity contribution is 9.10. The molecule has 116 valence electrons. The first-order chi connectivity index (χ1) is 9.99. The lowest BCUT2D eigenvalue weighted by Crippen LogP contribution is -2.35. The molecule has 0 bridgehead atoms. The molecule has 6 heteroatoms. The molecule has 0 aliphatic rings. The van der Waals surface area contributed by atoms with Crippen LogP contribution in [0.4, 0.5) is 0 Å². The number of rotatable bonds is 7. The van der Waals surface area contributed by atoms with Gasteiger partial charge in [0.05, 0.1) is 20.1 Å². The standard InChI is InChI=1S/C15H20BrNO4/c1-11-4-5-12(10-13(11)16)15(19)17(8-9-20-2)7-6-14(18)21-3/h4-5,10H,6-9H2,1-3H3. The smallest absolute Gasteiger partial charge is 0.307 e. The summed E-state index contributed by atoms with van der Waals surface area (Å²) < 4.78 is 10.5. The summed E-state index contributed by atoms with van der Waals surface area (Å²) >= 11 is 3.42. The number of ether oxygens (including phenoxy) is 2. The Hall–Kier alpha value is -1.40. The molecule has 0 fully saturated rings. The number of benzene rings is 1. The Bertz CT molecular complexity index is 504. The molecule has 0 heterocycles. The summed E-state index contributed by atoms with van der Waals surface area (Å²) in [5.74, 6) is -0.466. The molecule has 0 saturated heterocycles. The Morgan fingerprint density at radius 2 is 1.95 bits per heavy atom. The van der Waals surface area contributed by atoms with Crippen LogP contribution in [0.25, 0.3) is 0 Å². The summed E-state index contributed by atoms with van der Waals surface area (Å²) in [5.41, 5.74) is 1.64. The molecule has 0 unspecified atom stereocenters. The van der Waals surface area contributed by atoms with Gasteiger partial charge in [0, 0.05) is 30.2 Å². The molecule has 21 heavy (non-hydrogen) atoms. The van der Waals surface area contributed by atoms with Crippen molar-refractivity contribution in [2.24, 2.45) is 0 Å². The third kappa shape index (κ3) is 5.47. The molecule has 5 nitrogen and oxygen atoms in total. The van der Waals surface area contributed by atoms with Gasteiger partial charge in [-0.05, 0) is 24.6 Å². The molecule has 0 N–H and O–H groups in total. The van der Waals surface area contributed by atoms with Crippen molar-refractivity contribution in [3.05, 3.63) is 33.8 Å². The van der Waals surface area contributed by atoms with Crippen molar-refractivity contribution in [1.29, 1.82) is 0 Å². The Kier molecular flexibility index (Phi) is 7.39. The molecule has 1 amide bonds. The fourth-order valence-electron chi connectivity index (χ4n) is 1.75. The Morgan fingerprint density at radius 3 is 2.52 bits per heavy atom. The van der Waals surface area contributed by atoms with Crippen LogP contribution in [0.3, 0.4) is 0 Å². The van der Waals surface area contributed by atoms with Gasteiger partial charge in [0.2, 0.25) is 0 Å². The quantitative estimate of drug-likeness (QED) is 0.703. The highest BCUT2D eigenvalue weighted by Gasteiger charge is 2.17. The van der Waals surface area contributed by atoms with Crippen molar-refractivity contribution in [3.8, 4) is 0 Å². The van der Waals surface area contributed by atoms with E-state index >= 15 is 0 Å². The molecule has 1 rings (SSSR count). The van der Waals surface area contributed by atoms with Gasteiger partial charge in [-0.1, -0.05) is 22.0 Å². The average Bonchev–Trinajstić information content (AvgIpc) is 2.49. The third-order valence-electron chi connectivity index (χ3n) is 3.08. The van der Waals surface area contributed by atoms with Crippen molar-refractivity contribution in [2.45, 2.75) is 13.3 Å². The molecule has 0 spiro atoms. The Morgan fingerprint density at radius 1 is 1.24 bits per heavy atom. The van der Waals surface area contributed by atoms with E-state index in [1.54, 1.807) is 24.1 Å². The highest BCUT2D eigenvalue weighted by Crippen LogP contribution is 2.18. The molecule has 0 aliphatic carbocycles. The van der Waals surface area contributed by atoms with Gasteiger partial charge in [-0.2, -0.15) is 0 Å². The summed E-state index contributed by atoms with van der Waals surface area (Å²) in [6.45, 7) is 3.11. The van der Waals surface area contributed by atoms with Crippen LogP contribution in [-0.2, 0) is 14.3 Å². The largest absolute Gasteiger partial charge is 0.469 e. The van der Waals surface area contributed by atoms with E-state index in [0.717, 1.165) is 10.0 Å². The normalized spacial score (nSPS) is 10.3. The fourth-order valence-corrected chi connectivity index (χ4v) is 2.13. The van der Waals surface area contributed by atoms with Gasteiger partial charge in [0.15, 0.2) is 0 Å². The average molecular weight is 358 g/mol. The Balaban J connectivity index is 2.82. The first-order valence-corrected chi connectivity index (χ1v) is 7.40. The maximum atomic E-state index is 12.5. The third-order valence-corrected chi connectivity index (χ3v) is 3.94. The van der Waals surface area contributed by atoms with Crippen molar-refractivity contribution < 1.29 is 19.1 Å². The van der Waals surface area contributed by atoms with E-state index in [2.05, 4.69) is 20.7 Å². The molecule has 0 aromatic heterocycles. The number of methoxy groups -OCH3 is 2. The molecule has 0 aliphatic heterocycles. The summed E-state index contributed by atoms with van der Waals surface area (Å²) in [5, 5.41) is 0. The van der Waals surface area contributed by atoms with Gasteiger partial charge in [0.1, 0.15) is 0 Å². The lowest BCUT2D eigenvalue weighted by atomic mass is 10.1. The fraction of sp³-hybridized carbons (Fsp3) is 0.467. The second-order valence-electron chi connectivity index (χ2n) is 4.58. The minimum atomic E-state index is -0.338. The van der Waals surface area contributed by atoms with Gasteiger partial charge in [-0.3, -0.25) is 9.59 Å². The maximum Gasteiger partial charge on any atom is 0.307 e. The predicted molar refractivity (Wildman–Crippen MR) is 83.3 cm³/mol. The van der Waals surface area contributed by atoms with Crippen LogP contribution in [0.2, 0.25) is 0 Å². The number of halogens is 1. The number of esters is 1. The number of aryl methyl sites for hydroxylation is 1. The molecule has 1 aromatic carbocycles. The number of carbonyl (C=O) groups excluding carboxylic acids is 2. The van der Waals surface area contributed by atoms with Crippen LogP contribution in [0.5, 0.6) is 0 Å². The van der Waals surface area contributed by atoms with E-state index in [1.165, 1.54) is 7.11 Å². The van der Waals surface area contributed by atoms with Crippen molar-refractivity contribution >= 4 is 27.8 Å². The van der Waals surface area contributed by atoms with E-state index < -0.39 is 0 Å². The molecular weight excluding hydrogens is 338 g/mol. The highest BCUT2D eigenvalue weighted by atomic mass is 79.9. The van der Waals surface area contributed by atoms with Crippen molar-refractivity contribution in [1.82, 2.24) is 4.90 Å². The molecule has 0 atom stereocenters. The topological polar surface area (TPSA) is 55.8 Å². The van der Waals surface area contributed by atoms with Crippen LogP contribution >= 0.6 is 15.9 Å².